The Labute approximate surface area is 190 Å². The molecule has 4 atom stereocenters. The standard InChI is InChI=1S/C21H20Br2N2O5/c1-10(2)30-16(26)9-29-19-14(22)5-11(6-15(19)23)8-24-25-20(27)17-12-3-4-13(7-12)18(17)21(25)28/h3-6,8,10,12-13,17-18H,7,9H2,1-2H3/t12-,13-,17-,18+/m0/s1. The Morgan fingerprint density at radius 3 is 2.27 bits per heavy atom. The lowest BCUT2D eigenvalue weighted by Gasteiger charge is -2.13. The summed E-state index contributed by atoms with van der Waals surface area (Å²) in [6.07, 6.45) is 6.24. The van der Waals surface area contributed by atoms with Crippen LogP contribution in [0.2, 0.25) is 0 Å². The summed E-state index contributed by atoms with van der Waals surface area (Å²) in [5.41, 5.74) is 0.657. The fourth-order valence-electron chi connectivity index (χ4n) is 4.34. The molecule has 2 amide bonds. The molecule has 0 radical (unpaired) electrons. The summed E-state index contributed by atoms with van der Waals surface area (Å²) in [6.45, 7) is 3.31. The maximum absolute atomic E-state index is 12.7. The van der Waals surface area contributed by atoms with Gasteiger partial charge in [-0.3, -0.25) is 9.59 Å². The van der Waals surface area contributed by atoms with E-state index in [0.717, 1.165) is 11.4 Å². The molecule has 1 heterocycles. The van der Waals surface area contributed by atoms with Crippen LogP contribution in [0.15, 0.2) is 38.3 Å². The maximum Gasteiger partial charge on any atom is 0.344 e. The average molecular weight is 540 g/mol. The number of ether oxygens (including phenoxy) is 2. The van der Waals surface area contributed by atoms with Gasteiger partial charge in [-0.1, -0.05) is 12.2 Å². The molecule has 1 aliphatic heterocycles. The van der Waals surface area contributed by atoms with Crippen molar-refractivity contribution < 1.29 is 23.9 Å². The molecule has 0 unspecified atom stereocenters. The van der Waals surface area contributed by atoms with Crippen LogP contribution >= 0.6 is 31.9 Å². The van der Waals surface area contributed by atoms with E-state index in [4.69, 9.17) is 9.47 Å². The van der Waals surface area contributed by atoms with Gasteiger partial charge in [0.25, 0.3) is 11.8 Å². The maximum atomic E-state index is 12.7. The van der Waals surface area contributed by atoms with E-state index in [2.05, 4.69) is 37.0 Å². The van der Waals surface area contributed by atoms with E-state index in [1.165, 1.54) is 6.21 Å². The molecule has 30 heavy (non-hydrogen) atoms. The van der Waals surface area contributed by atoms with Crippen LogP contribution in [0.3, 0.4) is 0 Å². The van der Waals surface area contributed by atoms with Crippen molar-refractivity contribution in [2.75, 3.05) is 6.61 Å². The summed E-state index contributed by atoms with van der Waals surface area (Å²) >= 11 is 6.83. The van der Waals surface area contributed by atoms with Crippen molar-refractivity contribution in [3.05, 3.63) is 38.8 Å². The van der Waals surface area contributed by atoms with Crippen LogP contribution in [0.1, 0.15) is 25.8 Å². The first kappa shape index (κ1) is 21.2. The highest BCUT2D eigenvalue weighted by Crippen LogP contribution is 2.52. The van der Waals surface area contributed by atoms with E-state index in [0.29, 0.717) is 20.3 Å². The lowest BCUT2D eigenvalue weighted by Crippen LogP contribution is -2.28. The third-order valence-corrected chi connectivity index (χ3v) is 6.67. The van der Waals surface area contributed by atoms with E-state index in [1.807, 2.05) is 12.2 Å². The number of hydrogen-bond acceptors (Lipinski definition) is 6. The summed E-state index contributed by atoms with van der Waals surface area (Å²) < 4.78 is 11.8. The van der Waals surface area contributed by atoms with Gasteiger partial charge in [0.15, 0.2) is 6.61 Å². The molecule has 158 valence electrons. The molecular formula is C21H20Br2N2O5. The lowest BCUT2D eigenvalue weighted by atomic mass is 9.85. The summed E-state index contributed by atoms with van der Waals surface area (Å²) in [5, 5.41) is 5.19. The van der Waals surface area contributed by atoms with E-state index < -0.39 is 5.97 Å². The molecule has 2 bridgehead atoms. The number of benzene rings is 1. The van der Waals surface area contributed by atoms with Crippen molar-refractivity contribution >= 4 is 55.9 Å². The van der Waals surface area contributed by atoms with Crippen LogP contribution < -0.4 is 4.74 Å². The monoisotopic (exact) mass is 538 g/mol. The topological polar surface area (TPSA) is 85.3 Å². The smallest absolute Gasteiger partial charge is 0.344 e. The van der Waals surface area contributed by atoms with Gasteiger partial charge < -0.3 is 9.47 Å². The lowest BCUT2D eigenvalue weighted by molar-refractivity contribution is -0.149. The predicted molar refractivity (Wildman–Crippen MR) is 116 cm³/mol. The highest BCUT2D eigenvalue weighted by atomic mass is 79.9. The number of fused-ring (bicyclic) bond motifs is 5. The minimum Gasteiger partial charge on any atom is -0.480 e. The Bertz CT molecular complexity index is 921. The number of carbonyl (C=O) groups excluding carboxylic acids is 3. The molecule has 1 aromatic rings. The molecule has 1 saturated heterocycles. The minimum absolute atomic E-state index is 0.152. The molecule has 9 heteroatoms. The van der Waals surface area contributed by atoms with Crippen LogP contribution in [-0.2, 0) is 19.1 Å². The second kappa shape index (κ2) is 8.26. The van der Waals surface area contributed by atoms with E-state index in [-0.39, 0.29) is 48.2 Å². The number of rotatable bonds is 6. The molecular weight excluding hydrogens is 520 g/mol. The minimum atomic E-state index is -0.463. The number of esters is 1. The molecule has 3 aliphatic rings. The molecule has 0 spiro atoms. The van der Waals surface area contributed by atoms with Gasteiger partial charge in [-0.25, -0.2) is 4.79 Å². The largest absolute Gasteiger partial charge is 0.480 e. The number of allylic oxidation sites excluding steroid dienone is 2. The first-order valence-corrected chi connectivity index (χ1v) is 11.3. The second-order valence-electron chi connectivity index (χ2n) is 7.87. The highest BCUT2D eigenvalue weighted by Gasteiger charge is 2.59. The number of carbonyl (C=O) groups is 3. The third-order valence-electron chi connectivity index (χ3n) is 5.49. The van der Waals surface area contributed by atoms with Gasteiger partial charge in [0.2, 0.25) is 0 Å². The first-order chi connectivity index (χ1) is 14.3. The first-order valence-electron chi connectivity index (χ1n) is 9.67. The zero-order valence-corrected chi connectivity index (χ0v) is 19.6. The quantitative estimate of drug-likeness (QED) is 0.238. The van der Waals surface area contributed by atoms with E-state index in [1.54, 1.807) is 26.0 Å². The fourth-order valence-corrected chi connectivity index (χ4v) is 5.80. The number of hydrogen-bond donors (Lipinski definition) is 0. The van der Waals surface area contributed by atoms with Crippen LogP contribution in [-0.4, -0.2) is 41.7 Å². The molecule has 4 rings (SSSR count). The van der Waals surface area contributed by atoms with Crippen LogP contribution in [0, 0.1) is 23.7 Å². The van der Waals surface area contributed by atoms with Gasteiger partial charge in [0.1, 0.15) is 5.75 Å². The zero-order valence-electron chi connectivity index (χ0n) is 16.4. The molecule has 1 aromatic carbocycles. The predicted octanol–water partition coefficient (Wildman–Crippen LogP) is 3.68. The Hall–Kier alpha value is -2.00. The van der Waals surface area contributed by atoms with Gasteiger partial charge >= 0.3 is 5.97 Å². The van der Waals surface area contributed by atoms with Crippen LogP contribution in [0.4, 0.5) is 0 Å². The third kappa shape index (κ3) is 3.85. The van der Waals surface area contributed by atoms with Crippen molar-refractivity contribution in [2.24, 2.45) is 28.8 Å². The number of amides is 2. The normalized spacial score (nSPS) is 26.9. The SMILES string of the molecule is CC(C)OC(=O)COc1c(Br)cc(C=NN2C(=O)[C@@H]3[C@H](C2=O)[C@H]2C=C[C@H]3C2)cc1Br. The van der Waals surface area contributed by atoms with E-state index >= 15 is 0 Å². The van der Waals surface area contributed by atoms with Gasteiger partial charge in [-0.15, -0.1) is 0 Å². The van der Waals surface area contributed by atoms with Gasteiger partial charge in [0.05, 0.1) is 33.1 Å². The second-order valence-corrected chi connectivity index (χ2v) is 9.58. The molecule has 2 aliphatic carbocycles. The van der Waals surface area contributed by atoms with Crippen molar-refractivity contribution in [1.29, 1.82) is 0 Å². The number of imide groups is 1. The zero-order chi connectivity index (χ0) is 21.6. The summed E-state index contributed by atoms with van der Waals surface area (Å²) in [6, 6.07) is 3.46. The van der Waals surface area contributed by atoms with Crippen LogP contribution in [0.5, 0.6) is 5.75 Å². The van der Waals surface area contributed by atoms with Crippen LogP contribution in [0.25, 0.3) is 0 Å². The molecule has 7 nitrogen and oxygen atoms in total. The Morgan fingerprint density at radius 2 is 1.73 bits per heavy atom. The summed E-state index contributed by atoms with van der Waals surface area (Å²) in [5.74, 6) is -0.709. The number of halogens is 2. The highest BCUT2D eigenvalue weighted by molar-refractivity contribution is 9.11. The van der Waals surface area contributed by atoms with Crippen molar-refractivity contribution in [1.82, 2.24) is 5.01 Å². The average Bonchev–Trinajstić information content (AvgIpc) is 3.33. The van der Waals surface area contributed by atoms with Gasteiger partial charge in [-0.2, -0.15) is 10.1 Å². The van der Waals surface area contributed by atoms with Crippen molar-refractivity contribution in [3.8, 4) is 5.75 Å². The number of hydrazone groups is 1. The van der Waals surface area contributed by atoms with Crippen molar-refractivity contribution in [2.45, 2.75) is 26.4 Å². The summed E-state index contributed by atoms with van der Waals surface area (Å²) in [4.78, 5) is 37.1. The Balaban J connectivity index is 1.45. The summed E-state index contributed by atoms with van der Waals surface area (Å²) in [7, 11) is 0. The van der Waals surface area contributed by atoms with Gasteiger partial charge in [-0.05, 0) is 81.7 Å². The fraction of sp³-hybridized carbons (Fsp3) is 0.429. The molecule has 0 N–H and O–H groups in total. The molecule has 2 fully saturated rings. The van der Waals surface area contributed by atoms with Gasteiger partial charge in [0, 0.05) is 0 Å². The van der Waals surface area contributed by atoms with E-state index in [9.17, 15) is 14.4 Å². The molecule has 1 saturated carbocycles. The Morgan fingerprint density at radius 1 is 1.17 bits per heavy atom. The molecule has 0 aromatic heterocycles. The Kier molecular flexibility index (Phi) is 5.85. The number of nitrogens with zero attached hydrogens (tertiary/aromatic N) is 2. The van der Waals surface area contributed by atoms with Crippen molar-refractivity contribution in [3.63, 3.8) is 0 Å².